The SMILES string of the molecule is C/C=C\C=C(/C)SN1CCN(C(=O)OC(C(F)(F)F)C(F)(F)F)CC1. The van der Waals surface area contributed by atoms with E-state index < -0.39 is 24.5 Å². The number of alkyl halides is 6. The van der Waals surface area contributed by atoms with Gasteiger partial charge in [0.15, 0.2) is 0 Å². The van der Waals surface area contributed by atoms with E-state index in [-0.39, 0.29) is 13.1 Å². The Labute approximate surface area is 145 Å². The third-order valence-corrected chi connectivity index (χ3v) is 4.15. The van der Waals surface area contributed by atoms with Crippen molar-refractivity contribution in [3.05, 3.63) is 23.1 Å². The predicted molar refractivity (Wildman–Crippen MR) is 81.7 cm³/mol. The van der Waals surface area contributed by atoms with Crippen LogP contribution in [0.5, 0.6) is 0 Å². The molecule has 0 radical (unpaired) electrons. The summed E-state index contributed by atoms with van der Waals surface area (Å²) in [4.78, 5) is 13.4. The molecule has 0 saturated carbocycles. The average molecular weight is 392 g/mol. The average Bonchev–Trinajstić information content (AvgIpc) is 2.48. The highest BCUT2D eigenvalue weighted by atomic mass is 32.2. The largest absolute Gasteiger partial charge is 0.434 e. The zero-order valence-corrected chi connectivity index (χ0v) is 14.3. The van der Waals surface area contributed by atoms with Crippen molar-refractivity contribution in [2.45, 2.75) is 32.3 Å². The van der Waals surface area contributed by atoms with Crippen molar-refractivity contribution in [3.8, 4) is 0 Å². The fourth-order valence-electron chi connectivity index (χ4n) is 1.92. The molecule has 0 N–H and O–H groups in total. The van der Waals surface area contributed by atoms with Crippen molar-refractivity contribution in [1.29, 1.82) is 0 Å². The fraction of sp³-hybridized carbons (Fsp3) is 0.643. The van der Waals surface area contributed by atoms with Gasteiger partial charge in [-0.3, -0.25) is 0 Å². The maximum absolute atomic E-state index is 12.4. The monoisotopic (exact) mass is 392 g/mol. The second kappa shape index (κ2) is 8.84. The van der Waals surface area contributed by atoms with E-state index in [2.05, 4.69) is 4.74 Å². The number of hydrogen-bond donors (Lipinski definition) is 0. The van der Waals surface area contributed by atoms with E-state index in [0.717, 1.165) is 9.81 Å². The van der Waals surface area contributed by atoms with Crippen LogP contribution in [-0.4, -0.2) is 59.9 Å². The van der Waals surface area contributed by atoms with E-state index in [1.807, 2.05) is 36.4 Å². The Bertz CT molecular complexity index is 496. The molecule has 0 aliphatic carbocycles. The lowest BCUT2D eigenvalue weighted by Crippen LogP contribution is -2.51. The summed E-state index contributed by atoms with van der Waals surface area (Å²) in [6, 6.07) is 0. The molecule has 1 aliphatic rings. The van der Waals surface area contributed by atoms with Gasteiger partial charge in [0.05, 0.1) is 0 Å². The van der Waals surface area contributed by atoms with Crippen LogP contribution in [0.1, 0.15) is 13.8 Å². The van der Waals surface area contributed by atoms with Gasteiger partial charge in [0.2, 0.25) is 0 Å². The van der Waals surface area contributed by atoms with E-state index in [1.54, 1.807) is 0 Å². The van der Waals surface area contributed by atoms with Gasteiger partial charge in [0, 0.05) is 26.2 Å². The van der Waals surface area contributed by atoms with E-state index in [9.17, 15) is 31.1 Å². The molecule has 0 aromatic rings. The quantitative estimate of drug-likeness (QED) is 0.404. The van der Waals surface area contributed by atoms with Crippen molar-refractivity contribution >= 4 is 18.0 Å². The van der Waals surface area contributed by atoms with Crippen LogP contribution in [0.15, 0.2) is 23.1 Å². The Hall–Kier alpha value is -1.36. The van der Waals surface area contributed by atoms with Crippen LogP contribution >= 0.6 is 11.9 Å². The molecule has 11 heteroatoms. The second-order valence-corrected chi connectivity index (χ2v) is 6.50. The highest BCUT2D eigenvalue weighted by Gasteiger charge is 2.60. The third kappa shape index (κ3) is 7.18. The fourth-order valence-corrected chi connectivity index (χ4v) is 2.81. The summed E-state index contributed by atoms with van der Waals surface area (Å²) in [7, 11) is 0. The second-order valence-electron chi connectivity index (χ2n) is 5.16. The lowest BCUT2D eigenvalue weighted by atomic mass is 10.3. The normalized spacial score (nSPS) is 18.3. The lowest BCUT2D eigenvalue weighted by Gasteiger charge is -2.34. The Morgan fingerprint density at radius 1 is 1.08 bits per heavy atom. The molecule has 0 bridgehead atoms. The molecule has 0 spiro atoms. The molecule has 1 heterocycles. The Morgan fingerprint density at radius 3 is 2.04 bits per heavy atom. The van der Waals surface area contributed by atoms with Gasteiger partial charge in [0.25, 0.3) is 6.10 Å². The zero-order chi connectivity index (χ0) is 19.3. The van der Waals surface area contributed by atoms with Gasteiger partial charge in [-0.15, -0.1) is 0 Å². The van der Waals surface area contributed by atoms with Crippen molar-refractivity contribution < 1.29 is 35.9 Å². The molecular formula is C14H18F6N2O2S. The van der Waals surface area contributed by atoms with Crippen molar-refractivity contribution in [2.75, 3.05) is 26.2 Å². The third-order valence-electron chi connectivity index (χ3n) is 3.11. The molecule has 0 atom stereocenters. The number of amides is 1. The maximum Gasteiger partial charge on any atom is 0.434 e. The van der Waals surface area contributed by atoms with Gasteiger partial charge in [-0.2, -0.15) is 26.3 Å². The highest BCUT2D eigenvalue weighted by Crippen LogP contribution is 2.36. The molecule has 4 nitrogen and oxygen atoms in total. The first kappa shape index (κ1) is 21.7. The Kier molecular flexibility index (Phi) is 7.66. The smallest absolute Gasteiger partial charge is 0.426 e. The minimum absolute atomic E-state index is 0.0227. The molecule has 144 valence electrons. The first-order valence-corrected chi connectivity index (χ1v) is 8.04. The number of piperazine rings is 1. The van der Waals surface area contributed by atoms with Crippen LogP contribution in [0.25, 0.3) is 0 Å². The number of carbonyl (C=O) groups is 1. The van der Waals surface area contributed by atoms with E-state index in [0.29, 0.717) is 13.1 Å². The first-order valence-electron chi connectivity index (χ1n) is 7.26. The summed E-state index contributed by atoms with van der Waals surface area (Å²) < 4.78 is 80.0. The summed E-state index contributed by atoms with van der Waals surface area (Å²) in [6.07, 6.45) is -11.6. The zero-order valence-electron chi connectivity index (χ0n) is 13.5. The molecule has 0 aromatic heterocycles. The summed E-state index contributed by atoms with van der Waals surface area (Å²) >= 11 is 1.40. The molecule has 1 fully saturated rings. The Morgan fingerprint density at radius 2 is 1.60 bits per heavy atom. The molecule has 0 aromatic carbocycles. The molecule has 0 unspecified atom stereocenters. The number of hydrogen-bond acceptors (Lipinski definition) is 4. The van der Waals surface area contributed by atoms with Crippen LogP contribution in [-0.2, 0) is 4.74 Å². The van der Waals surface area contributed by atoms with Gasteiger partial charge >= 0.3 is 18.4 Å². The highest BCUT2D eigenvalue weighted by molar-refractivity contribution is 8.00. The van der Waals surface area contributed by atoms with Crippen LogP contribution in [0.2, 0.25) is 0 Å². The molecule has 1 aliphatic heterocycles. The minimum Gasteiger partial charge on any atom is -0.426 e. The number of halogens is 6. The van der Waals surface area contributed by atoms with Gasteiger partial charge in [-0.1, -0.05) is 18.2 Å². The number of nitrogens with zero attached hydrogens (tertiary/aromatic N) is 2. The molecule has 25 heavy (non-hydrogen) atoms. The maximum atomic E-state index is 12.4. The van der Waals surface area contributed by atoms with E-state index in [1.165, 1.54) is 11.9 Å². The predicted octanol–water partition coefficient (Wildman–Crippen LogP) is 4.36. The number of allylic oxidation sites excluding steroid dienone is 4. The van der Waals surface area contributed by atoms with E-state index >= 15 is 0 Å². The minimum atomic E-state index is -5.71. The molecular weight excluding hydrogens is 374 g/mol. The summed E-state index contributed by atoms with van der Waals surface area (Å²) in [5.41, 5.74) is 0. The lowest BCUT2D eigenvalue weighted by molar-refractivity contribution is -0.308. The molecule has 1 amide bonds. The van der Waals surface area contributed by atoms with Crippen LogP contribution in [0, 0.1) is 0 Å². The van der Waals surface area contributed by atoms with Crippen LogP contribution < -0.4 is 0 Å². The topological polar surface area (TPSA) is 32.8 Å². The summed E-state index contributed by atoms with van der Waals surface area (Å²) in [6.45, 7) is 4.26. The molecule has 1 rings (SSSR count). The van der Waals surface area contributed by atoms with Crippen LogP contribution in [0.3, 0.4) is 0 Å². The van der Waals surface area contributed by atoms with E-state index in [4.69, 9.17) is 0 Å². The summed E-state index contributed by atoms with van der Waals surface area (Å²) in [5.74, 6) is 0. The van der Waals surface area contributed by atoms with Gasteiger partial charge in [-0.05, 0) is 30.7 Å². The van der Waals surface area contributed by atoms with Gasteiger partial charge < -0.3 is 9.64 Å². The number of carbonyl (C=O) groups excluding carboxylic acids is 1. The van der Waals surface area contributed by atoms with Crippen LogP contribution in [0.4, 0.5) is 31.1 Å². The number of ether oxygens (including phenoxy) is 1. The van der Waals surface area contributed by atoms with Gasteiger partial charge in [-0.25, -0.2) is 9.10 Å². The standard InChI is InChI=1S/C14H18F6N2O2S/c1-3-4-5-10(2)25-22-8-6-21(7-9-22)12(23)24-11(13(15,16)17)14(18,19)20/h3-5,11H,6-9H2,1-2H3/b4-3-,10-5+. The van der Waals surface area contributed by atoms with Crippen molar-refractivity contribution in [2.24, 2.45) is 0 Å². The number of rotatable bonds is 4. The van der Waals surface area contributed by atoms with Crippen molar-refractivity contribution in [3.63, 3.8) is 0 Å². The molecule has 1 saturated heterocycles. The Balaban J connectivity index is 2.58. The first-order chi connectivity index (χ1) is 11.4. The summed E-state index contributed by atoms with van der Waals surface area (Å²) in [5, 5.41) is 0. The van der Waals surface area contributed by atoms with Crippen molar-refractivity contribution in [1.82, 2.24) is 9.21 Å². The van der Waals surface area contributed by atoms with Gasteiger partial charge in [0.1, 0.15) is 0 Å².